The van der Waals surface area contributed by atoms with Crippen LogP contribution < -0.4 is 16.6 Å². The van der Waals surface area contributed by atoms with Gasteiger partial charge in [0, 0.05) is 25.2 Å². The van der Waals surface area contributed by atoms with Crippen LogP contribution in [0.1, 0.15) is 31.7 Å². The first-order chi connectivity index (χ1) is 11.7. The molecule has 1 aromatic carbocycles. The summed E-state index contributed by atoms with van der Waals surface area (Å²) in [5, 5.41) is 4.00. The van der Waals surface area contributed by atoms with Crippen molar-refractivity contribution >= 4 is 10.9 Å². The Hall–Kier alpha value is -1.92. The maximum absolute atomic E-state index is 12.8. The zero-order chi connectivity index (χ0) is 16.5. The van der Waals surface area contributed by atoms with Gasteiger partial charge in [-0.2, -0.15) is 0 Å². The van der Waals surface area contributed by atoms with Gasteiger partial charge in [0.25, 0.3) is 5.56 Å². The molecule has 0 aliphatic carbocycles. The third-order valence-corrected chi connectivity index (χ3v) is 5.53. The Kier molecular flexibility index (Phi) is 4.24. The molecule has 24 heavy (non-hydrogen) atoms. The molecule has 3 heterocycles. The molecule has 6 heteroatoms. The highest BCUT2D eigenvalue weighted by atomic mass is 16.2. The quantitative estimate of drug-likeness (QED) is 0.865. The zero-order valence-corrected chi connectivity index (χ0v) is 13.8. The fourth-order valence-corrected chi connectivity index (χ4v) is 4.19. The van der Waals surface area contributed by atoms with Gasteiger partial charge < -0.3 is 15.2 Å². The predicted octanol–water partition coefficient (Wildman–Crippen LogP) is 1.08. The van der Waals surface area contributed by atoms with Crippen molar-refractivity contribution in [2.45, 2.75) is 37.8 Å². The molecular formula is C18H24N4O2. The van der Waals surface area contributed by atoms with Gasteiger partial charge in [0.05, 0.1) is 10.9 Å². The summed E-state index contributed by atoms with van der Waals surface area (Å²) < 4.78 is 1.45. The highest BCUT2D eigenvalue weighted by Crippen LogP contribution is 2.24. The molecule has 0 amide bonds. The van der Waals surface area contributed by atoms with Crippen LogP contribution in [0.4, 0.5) is 0 Å². The Morgan fingerprint density at radius 1 is 0.917 bits per heavy atom. The summed E-state index contributed by atoms with van der Waals surface area (Å²) in [7, 11) is 0. The number of likely N-dealkylation sites (tertiary alicyclic amines) is 1. The van der Waals surface area contributed by atoms with E-state index < -0.39 is 0 Å². The maximum Gasteiger partial charge on any atom is 0.329 e. The second-order valence-corrected chi connectivity index (χ2v) is 6.90. The smallest absolute Gasteiger partial charge is 0.317 e. The highest BCUT2D eigenvalue weighted by Gasteiger charge is 2.28. The minimum atomic E-state index is -0.279. The zero-order valence-electron chi connectivity index (χ0n) is 13.8. The molecule has 0 atom stereocenters. The van der Waals surface area contributed by atoms with Crippen LogP contribution in [-0.2, 0) is 0 Å². The number of aromatic amines is 1. The normalized spacial score (nSPS) is 21.3. The number of H-pyrrole nitrogens is 1. The molecule has 4 rings (SSSR count). The Morgan fingerprint density at radius 2 is 1.62 bits per heavy atom. The molecule has 2 aromatic rings. The van der Waals surface area contributed by atoms with Crippen molar-refractivity contribution in [3.05, 3.63) is 45.1 Å². The van der Waals surface area contributed by atoms with E-state index >= 15 is 0 Å². The van der Waals surface area contributed by atoms with Crippen LogP contribution in [0.5, 0.6) is 0 Å². The standard InChI is InChI=1S/C18H24N4O2/c23-17-15-3-1-2-4-16(15)20-18(24)22(17)14-7-11-21(12-8-14)13-5-9-19-10-6-13/h1-4,13-14,19H,5-12H2,(H,20,24). The third-order valence-electron chi connectivity index (χ3n) is 5.53. The van der Waals surface area contributed by atoms with Crippen molar-refractivity contribution in [2.75, 3.05) is 26.2 Å². The summed E-state index contributed by atoms with van der Waals surface area (Å²) in [6.07, 6.45) is 4.12. The average molecular weight is 328 g/mol. The highest BCUT2D eigenvalue weighted by molar-refractivity contribution is 5.76. The lowest BCUT2D eigenvalue weighted by molar-refractivity contribution is 0.111. The molecule has 1 aromatic heterocycles. The lowest BCUT2D eigenvalue weighted by Gasteiger charge is -2.39. The van der Waals surface area contributed by atoms with Gasteiger partial charge >= 0.3 is 5.69 Å². The van der Waals surface area contributed by atoms with Crippen molar-refractivity contribution in [1.29, 1.82) is 0 Å². The van der Waals surface area contributed by atoms with Gasteiger partial charge in [0.1, 0.15) is 0 Å². The molecular weight excluding hydrogens is 304 g/mol. The maximum atomic E-state index is 12.8. The molecule has 0 unspecified atom stereocenters. The van der Waals surface area contributed by atoms with Crippen LogP contribution in [0.3, 0.4) is 0 Å². The molecule has 2 aliphatic heterocycles. The largest absolute Gasteiger partial charge is 0.329 e. The van der Waals surface area contributed by atoms with Crippen molar-refractivity contribution in [2.24, 2.45) is 0 Å². The molecule has 2 saturated heterocycles. The first-order valence-electron chi connectivity index (χ1n) is 8.92. The molecule has 2 fully saturated rings. The SMILES string of the molecule is O=c1[nH]c2ccccc2c(=O)n1C1CCN(C2CCNCC2)CC1. The summed E-state index contributed by atoms with van der Waals surface area (Å²) in [5.41, 5.74) is 0.185. The number of para-hydroxylation sites is 1. The van der Waals surface area contributed by atoms with Crippen LogP contribution in [0.15, 0.2) is 33.9 Å². The van der Waals surface area contributed by atoms with Gasteiger partial charge in [0.15, 0.2) is 0 Å². The van der Waals surface area contributed by atoms with Crippen molar-refractivity contribution in [3.63, 3.8) is 0 Å². The number of hydrogen-bond donors (Lipinski definition) is 2. The molecule has 2 N–H and O–H groups in total. The van der Waals surface area contributed by atoms with Crippen LogP contribution in [0.2, 0.25) is 0 Å². The fourth-order valence-electron chi connectivity index (χ4n) is 4.19. The summed E-state index contributed by atoms with van der Waals surface area (Å²) in [6.45, 7) is 4.12. The van der Waals surface area contributed by atoms with E-state index in [2.05, 4.69) is 15.2 Å². The van der Waals surface area contributed by atoms with Crippen LogP contribution in [-0.4, -0.2) is 46.7 Å². The third kappa shape index (κ3) is 2.80. The van der Waals surface area contributed by atoms with E-state index in [9.17, 15) is 9.59 Å². The monoisotopic (exact) mass is 328 g/mol. The average Bonchev–Trinajstić information content (AvgIpc) is 2.63. The Morgan fingerprint density at radius 3 is 2.38 bits per heavy atom. The number of rotatable bonds is 2. The van der Waals surface area contributed by atoms with Crippen molar-refractivity contribution < 1.29 is 0 Å². The van der Waals surface area contributed by atoms with Crippen LogP contribution in [0.25, 0.3) is 10.9 Å². The minimum absolute atomic E-state index is 0.00354. The van der Waals surface area contributed by atoms with Crippen LogP contribution in [0, 0.1) is 0 Å². The summed E-state index contributed by atoms with van der Waals surface area (Å²) in [4.78, 5) is 30.6. The van der Waals surface area contributed by atoms with Crippen molar-refractivity contribution in [3.8, 4) is 0 Å². The first-order valence-corrected chi connectivity index (χ1v) is 8.92. The summed E-state index contributed by atoms with van der Waals surface area (Å²) >= 11 is 0. The molecule has 2 aliphatic rings. The Balaban J connectivity index is 1.56. The van der Waals surface area contributed by atoms with Crippen LogP contribution >= 0.6 is 0 Å². The number of fused-ring (bicyclic) bond motifs is 1. The number of hydrogen-bond acceptors (Lipinski definition) is 4. The van der Waals surface area contributed by atoms with Crippen molar-refractivity contribution in [1.82, 2.24) is 19.8 Å². The van der Waals surface area contributed by atoms with Gasteiger partial charge in [-0.1, -0.05) is 12.1 Å². The molecule has 0 spiro atoms. The predicted molar refractivity (Wildman–Crippen MR) is 94.6 cm³/mol. The van der Waals surface area contributed by atoms with Gasteiger partial charge in [0.2, 0.25) is 0 Å². The number of nitrogens with one attached hydrogen (secondary N) is 2. The molecule has 128 valence electrons. The van der Waals surface area contributed by atoms with E-state index in [0.717, 1.165) is 39.0 Å². The Bertz CT molecular complexity index is 827. The molecule has 0 radical (unpaired) electrons. The lowest BCUT2D eigenvalue weighted by atomic mass is 9.98. The fraction of sp³-hybridized carbons (Fsp3) is 0.556. The number of piperidine rings is 2. The second kappa shape index (κ2) is 6.53. The van der Waals surface area contributed by atoms with E-state index in [4.69, 9.17) is 0 Å². The topological polar surface area (TPSA) is 70.1 Å². The van der Waals surface area contributed by atoms with Gasteiger partial charge in [-0.15, -0.1) is 0 Å². The second-order valence-electron chi connectivity index (χ2n) is 6.90. The molecule has 6 nitrogen and oxygen atoms in total. The Labute approximate surface area is 140 Å². The van der Waals surface area contributed by atoms with E-state index in [1.165, 1.54) is 17.4 Å². The van der Waals surface area contributed by atoms with Gasteiger partial charge in [-0.25, -0.2) is 4.79 Å². The number of benzene rings is 1. The summed E-state index contributed by atoms with van der Waals surface area (Å²) in [6, 6.07) is 7.89. The van der Waals surface area contributed by atoms with E-state index in [1.54, 1.807) is 12.1 Å². The van der Waals surface area contributed by atoms with Gasteiger partial charge in [-0.3, -0.25) is 9.36 Å². The van der Waals surface area contributed by atoms with E-state index in [0.29, 0.717) is 16.9 Å². The van der Waals surface area contributed by atoms with E-state index in [1.807, 2.05) is 12.1 Å². The lowest BCUT2D eigenvalue weighted by Crippen LogP contribution is -2.49. The summed E-state index contributed by atoms with van der Waals surface area (Å²) in [5.74, 6) is 0. The minimum Gasteiger partial charge on any atom is -0.317 e. The number of nitrogens with zero attached hydrogens (tertiary/aromatic N) is 2. The molecule has 0 saturated carbocycles. The number of aromatic nitrogens is 2. The molecule has 0 bridgehead atoms. The first kappa shape index (κ1) is 15.6. The van der Waals surface area contributed by atoms with Gasteiger partial charge in [-0.05, 0) is 50.9 Å². The van der Waals surface area contributed by atoms with E-state index in [-0.39, 0.29) is 17.3 Å².